The minimum Gasteiger partial charge on any atom is -0.389 e. The summed E-state index contributed by atoms with van der Waals surface area (Å²) in [7, 11) is 1.61. The highest BCUT2D eigenvalue weighted by molar-refractivity contribution is 5.97. The molecule has 98 valence electrons. The van der Waals surface area contributed by atoms with Gasteiger partial charge in [0, 0.05) is 24.7 Å². The van der Waals surface area contributed by atoms with Gasteiger partial charge in [-0.25, -0.2) is 0 Å². The van der Waals surface area contributed by atoms with Crippen LogP contribution in [0.3, 0.4) is 0 Å². The highest BCUT2D eigenvalue weighted by Crippen LogP contribution is 2.10. The Morgan fingerprint density at radius 1 is 1.22 bits per heavy atom. The lowest BCUT2D eigenvalue weighted by Crippen LogP contribution is -2.39. The van der Waals surface area contributed by atoms with Gasteiger partial charge in [-0.05, 0) is 38.1 Å². The Hall–Kier alpha value is -1.88. The molecule has 0 atom stereocenters. The number of carbonyl (C=O) groups excluding carboxylic acids is 2. The predicted molar refractivity (Wildman–Crippen MR) is 68.2 cm³/mol. The Morgan fingerprint density at radius 2 is 1.67 bits per heavy atom. The van der Waals surface area contributed by atoms with E-state index in [1.165, 1.54) is 17.0 Å². The van der Waals surface area contributed by atoms with Crippen LogP contribution in [0.5, 0.6) is 0 Å². The number of amides is 2. The molecule has 5 nitrogen and oxygen atoms in total. The SMILES string of the molecule is CN(CC(C)(C)O)C(=O)c1ccc(C(N)=O)cc1. The number of nitrogens with zero attached hydrogens (tertiary/aromatic N) is 1. The first kappa shape index (κ1) is 14.2. The van der Waals surface area contributed by atoms with Crippen LogP contribution in [0.2, 0.25) is 0 Å². The molecule has 2 amide bonds. The first-order valence-corrected chi connectivity index (χ1v) is 5.58. The fraction of sp³-hybridized carbons (Fsp3) is 0.385. The molecular formula is C13H18N2O3. The van der Waals surface area contributed by atoms with Gasteiger partial charge in [-0.15, -0.1) is 0 Å². The van der Waals surface area contributed by atoms with Crippen LogP contribution in [0.4, 0.5) is 0 Å². The first-order chi connectivity index (χ1) is 8.20. The van der Waals surface area contributed by atoms with Gasteiger partial charge >= 0.3 is 0 Å². The van der Waals surface area contributed by atoms with Crippen LogP contribution in [0.1, 0.15) is 34.6 Å². The summed E-state index contributed by atoms with van der Waals surface area (Å²) in [6.07, 6.45) is 0. The zero-order chi connectivity index (χ0) is 13.9. The number of carbonyl (C=O) groups is 2. The highest BCUT2D eigenvalue weighted by Gasteiger charge is 2.20. The molecular weight excluding hydrogens is 232 g/mol. The van der Waals surface area contributed by atoms with E-state index in [0.717, 1.165) is 0 Å². The van der Waals surface area contributed by atoms with Gasteiger partial charge in [-0.2, -0.15) is 0 Å². The Balaban J connectivity index is 2.81. The van der Waals surface area contributed by atoms with Gasteiger partial charge in [-0.1, -0.05) is 0 Å². The van der Waals surface area contributed by atoms with Crippen molar-refractivity contribution in [3.05, 3.63) is 35.4 Å². The molecule has 3 N–H and O–H groups in total. The molecule has 0 aliphatic heterocycles. The number of aliphatic hydroxyl groups is 1. The Kier molecular flexibility index (Phi) is 4.08. The molecule has 0 heterocycles. The first-order valence-electron chi connectivity index (χ1n) is 5.58. The average Bonchev–Trinajstić information content (AvgIpc) is 2.26. The molecule has 18 heavy (non-hydrogen) atoms. The third-order valence-electron chi connectivity index (χ3n) is 2.39. The van der Waals surface area contributed by atoms with Gasteiger partial charge in [0.25, 0.3) is 5.91 Å². The molecule has 0 aromatic heterocycles. The summed E-state index contributed by atoms with van der Waals surface area (Å²) in [5.41, 5.74) is 4.98. The summed E-state index contributed by atoms with van der Waals surface area (Å²) < 4.78 is 0. The van der Waals surface area contributed by atoms with Crippen molar-refractivity contribution in [1.82, 2.24) is 4.90 Å². The molecule has 0 aliphatic carbocycles. The second-order valence-corrected chi connectivity index (χ2v) is 4.92. The van der Waals surface area contributed by atoms with Crippen molar-refractivity contribution in [2.45, 2.75) is 19.4 Å². The minimum absolute atomic E-state index is 0.215. The summed E-state index contributed by atoms with van der Waals surface area (Å²) in [5, 5.41) is 9.65. The van der Waals surface area contributed by atoms with Gasteiger partial charge in [0.15, 0.2) is 0 Å². The lowest BCUT2D eigenvalue weighted by Gasteiger charge is -2.25. The van der Waals surface area contributed by atoms with Gasteiger partial charge in [-0.3, -0.25) is 9.59 Å². The zero-order valence-electron chi connectivity index (χ0n) is 10.8. The standard InChI is InChI=1S/C13H18N2O3/c1-13(2,18)8-15(3)12(17)10-6-4-9(5-7-10)11(14)16/h4-7,18H,8H2,1-3H3,(H2,14,16). The summed E-state index contributed by atoms with van der Waals surface area (Å²) in [5.74, 6) is -0.744. The van der Waals surface area contributed by atoms with Crippen LogP contribution in [-0.4, -0.2) is 41.0 Å². The Bertz CT molecular complexity index is 446. The molecule has 0 saturated heterocycles. The van der Waals surface area contributed by atoms with Crippen LogP contribution in [-0.2, 0) is 0 Å². The smallest absolute Gasteiger partial charge is 0.253 e. The van der Waals surface area contributed by atoms with Crippen molar-refractivity contribution in [3.63, 3.8) is 0 Å². The van der Waals surface area contributed by atoms with E-state index in [1.54, 1.807) is 33.0 Å². The summed E-state index contributed by atoms with van der Waals surface area (Å²) >= 11 is 0. The van der Waals surface area contributed by atoms with E-state index in [9.17, 15) is 14.7 Å². The van der Waals surface area contributed by atoms with Crippen molar-refractivity contribution >= 4 is 11.8 Å². The maximum atomic E-state index is 12.0. The van der Waals surface area contributed by atoms with Crippen LogP contribution >= 0.6 is 0 Å². The second kappa shape index (κ2) is 5.18. The minimum atomic E-state index is -0.947. The van der Waals surface area contributed by atoms with Crippen molar-refractivity contribution in [2.24, 2.45) is 5.73 Å². The maximum Gasteiger partial charge on any atom is 0.253 e. The van der Waals surface area contributed by atoms with Crippen molar-refractivity contribution in [1.29, 1.82) is 0 Å². The number of nitrogens with two attached hydrogens (primary N) is 1. The largest absolute Gasteiger partial charge is 0.389 e. The molecule has 0 aliphatic rings. The number of hydrogen-bond donors (Lipinski definition) is 2. The Morgan fingerprint density at radius 3 is 2.06 bits per heavy atom. The summed E-state index contributed by atoms with van der Waals surface area (Å²) in [4.78, 5) is 24.3. The maximum absolute atomic E-state index is 12.0. The van der Waals surface area contributed by atoms with Crippen molar-refractivity contribution in [2.75, 3.05) is 13.6 Å². The van der Waals surface area contributed by atoms with E-state index in [0.29, 0.717) is 11.1 Å². The van der Waals surface area contributed by atoms with Crippen molar-refractivity contribution < 1.29 is 14.7 Å². The van der Waals surface area contributed by atoms with Crippen LogP contribution in [0.15, 0.2) is 24.3 Å². The molecule has 5 heteroatoms. The third kappa shape index (κ3) is 3.85. The van der Waals surface area contributed by atoms with Crippen LogP contribution in [0, 0.1) is 0 Å². The third-order valence-corrected chi connectivity index (χ3v) is 2.39. The molecule has 0 unspecified atom stereocenters. The molecule has 1 aromatic carbocycles. The molecule has 1 rings (SSSR count). The van der Waals surface area contributed by atoms with E-state index in [-0.39, 0.29) is 12.5 Å². The topological polar surface area (TPSA) is 83.6 Å². The van der Waals surface area contributed by atoms with E-state index in [2.05, 4.69) is 0 Å². The predicted octanol–water partition coefficient (Wildman–Crippen LogP) is 0.628. The van der Waals surface area contributed by atoms with Gasteiger partial charge in [0.1, 0.15) is 0 Å². The number of likely N-dealkylation sites (N-methyl/N-ethyl adjacent to an activating group) is 1. The number of hydrogen-bond acceptors (Lipinski definition) is 3. The van der Waals surface area contributed by atoms with Crippen LogP contribution in [0.25, 0.3) is 0 Å². The molecule has 0 spiro atoms. The van der Waals surface area contributed by atoms with Gasteiger partial charge < -0.3 is 15.7 Å². The van der Waals surface area contributed by atoms with E-state index in [4.69, 9.17) is 5.73 Å². The van der Waals surface area contributed by atoms with Crippen LogP contribution < -0.4 is 5.73 Å². The molecule has 0 radical (unpaired) electrons. The molecule has 0 saturated carbocycles. The zero-order valence-corrected chi connectivity index (χ0v) is 10.8. The van der Waals surface area contributed by atoms with E-state index >= 15 is 0 Å². The monoisotopic (exact) mass is 250 g/mol. The number of benzene rings is 1. The average molecular weight is 250 g/mol. The normalized spacial score (nSPS) is 11.1. The summed E-state index contributed by atoms with van der Waals surface area (Å²) in [6, 6.07) is 6.10. The van der Waals surface area contributed by atoms with Crippen molar-refractivity contribution in [3.8, 4) is 0 Å². The second-order valence-electron chi connectivity index (χ2n) is 4.92. The molecule has 0 fully saturated rings. The molecule has 1 aromatic rings. The van der Waals surface area contributed by atoms with Gasteiger partial charge in [0.2, 0.25) is 5.91 Å². The Labute approximate surface area is 106 Å². The quantitative estimate of drug-likeness (QED) is 0.822. The fourth-order valence-electron chi connectivity index (χ4n) is 1.65. The summed E-state index contributed by atoms with van der Waals surface area (Å²) in [6.45, 7) is 3.49. The number of rotatable bonds is 4. The van der Waals surface area contributed by atoms with E-state index in [1.807, 2.05) is 0 Å². The fourth-order valence-corrected chi connectivity index (χ4v) is 1.65. The molecule has 0 bridgehead atoms. The number of primary amides is 1. The van der Waals surface area contributed by atoms with Gasteiger partial charge in [0.05, 0.1) is 5.60 Å². The highest BCUT2D eigenvalue weighted by atomic mass is 16.3. The lowest BCUT2D eigenvalue weighted by molar-refractivity contribution is 0.0368. The lowest BCUT2D eigenvalue weighted by atomic mass is 10.1. The van der Waals surface area contributed by atoms with E-state index < -0.39 is 11.5 Å².